The number of carbonyl (C=O) groups excluding carboxylic acids is 2. The Labute approximate surface area is 133 Å². The van der Waals surface area contributed by atoms with E-state index in [-0.39, 0.29) is 29.7 Å². The highest BCUT2D eigenvalue weighted by atomic mass is 32.2. The number of morpholine rings is 1. The Kier molecular flexibility index (Phi) is 6.25. The molecule has 0 spiro atoms. The third-order valence-corrected chi connectivity index (χ3v) is 4.73. The van der Waals surface area contributed by atoms with Gasteiger partial charge in [0.05, 0.1) is 26.1 Å². The fraction of sp³-hybridized carbons (Fsp3) is 0.769. The molecule has 6 nitrogen and oxygen atoms in total. The molecule has 0 N–H and O–H groups in total. The molecule has 2 rings (SSSR count). The number of hydrogen-bond acceptors (Lipinski definition) is 7. The van der Waals surface area contributed by atoms with E-state index >= 15 is 0 Å². The van der Waals surface area contributed by atoms with E-state index in [4.69, 9.17) is 21.7 Å². The summed E-state index contributed by atoms with van der Waals surface area (Å²) in [5.74, 6) is 0.0331. The van der Waals surface area contributed by atoms with Gasteiger partial charge in [0.1, 0.15) is 6.10 Å². The lowest BCUT2D eigenvalue weighted by Gasteiger charge is -2.38. The van der Waals surface area contributed by atoms with Crippen LogP contribution in [0.15, 0.2) is 0 Å². The van der Waals surface area contributed by atoms with Crippen LogP contribution in [0.25, 0.3) is 0 Å². The number of thioether (sulfide) groups is 1. The van der Waals surface area contributed by atoms with E-state index in [1.807, 2.05) is 4.90 Å². The summed E-state index contributed by atoms with van der Waals surface area (Å²) in [5.41, 5.74) is 0. The number of ether oxygens (including phenoxy) is 3. The van der Waals surface area contributed by atoms with Crippen molar-refractivity contribution in [2.45, 2.75) is 18.9 Å². The quantitative estimate of drug-likeness (QED) is 0.558. The zero-order chi connectivity index (χ0) is 15.2. The van der Waals surface area contributed by atoms with Crippen molar-refractivity contribution in [2.75, 3.05) is 39.2 Å². The summed E-state index contributed by atoms with van der Waals surface area (Å²) < 4.78 is 15.6. The molecule has 2 fully saturated rings. The molecule has 1 saturated heterocycles. The van der Waals surface area contributed by atoms with E-state index in [0.29, 0.717) is 43.5 Å². The largest absolute Gasteiger partial charge is 0.475 e. The van der Waals surface area contributed by atoms with Gasteiger partial charge in [-0.15, -0.1) is 0 Å². The van der Waals surface area contributed by atoms with Crippen LogP contribution in [-0.4, -0.2) is 66.4 Å². The zero-order valence-corrected chi connectivity index (χ0v) is 13.5. The Morgan fingerprint density at radius 3 is 2.62 bits per heavy atom. The first-order chi connectivity index (χ1) is 10.1. The Morgan fingerprint density at radius 1 is 1.33 bits per heavy atom. The second-order valence-electron chi connectivity index (χ2n) is 4.96. The summed E-state index contributed by atoms with van der Waals surface area (Å²) in [4.78, 5) is 25.0. The molecule has 2 aliphatic rings. The topological polar surface area (TPSA) is 65.1 Å². The first-order valence-electron chi connectivity index (χ1n) is 6.87. The minimum Gasteiger partial charge on any atom is -0.475 e. The lowest BCUT2D eigenvalue weighted by atomic mass is 9.81. The van der Waals surface area contributed by atoms with Crippen molar-refractivity contribution in [1.29, 1.82) is 0 Å². The minimum absolute atomic E-state index is 0.0161. The monoisotopic (exact) mass is 333 g/mol. The van der Waals surface area contributed by atoms with Crippen molar-refractivity contribution >= 4 is 40.2 Å². The third-order valence-electron chi connectivity index (χ3n) is 3.57. The number of esters is 1. The Bertz CT molecular complexity index is 405. The molecule has 0 unspecified atom stereocenters. The predicted octanol–water partition coefficient (Wildman–Crippen LogP) is 0.831. The zero-order valence-electron chi connectivity index (χ0n) is 11.9. The highest BCUT2D eigenvalue weighted by molar-refractivity contribution is 8.23. The SMILES string of the molecule is COC(=O)CSC(=S)O[C@H]1C[C@@H](C(=O)N2CCOCC2)C1. The first-order valence-corrected chi connectivity index (χ1v) is 8.26. The number of hydrogen-bond donors (Lipinski definition) is 0. The summed E-state index contributed by atoms with van der Waals surface area (Å²) in [6.45, 7) is 2.59. The molecule has 1 aliphatic heterocycles. The van der Waals surface area contributed by atoms with Crippen LogP contribution in [0.1, 0.15) is 12.8 Å². The van der Waals surface area contributed by atoms with E-state index in [2.05, 4.69) is 4.74 Å². The summed E-state index contributed by atoms with van der Waals surface area (Å²) in [7, 11) is 1.33. The van der Waals surface area contributed by atoms with Crippen molar-refractivity contribution in [3.63, 3.8) is 0 Å². The maximum Gasteiger partial charge on any atom is 0.316 e. The minimum atomic E-state index is -0.333. The van der Waals surface area contributed by atoms with Crippen molar-refractivity contribution < 1.29 is 23.8 Å². The predicted molar refractivity (Wildman–Crippen MR) is 82.1 cm³/mol. The van der Waals surface area contributed by atoms with E-state index in [9.17, 15) is 9.59 Å². The molecule has 8 heteroatoms. The Morgan fingerprint density at radius 2 is 2.00 bits per heavy atom. The summed E-state index contributed by atoms with van der Waals surface area (Å²) in [5, 5.41) is 0. The summed E-state index contributed by atoms with van der Waals surface area (Å²) in [6, 6.07) is 0. The van der Waals surface area contributed by atoms with Gasteiger partial charge in [0.25, 0.3) is 0 Å². The lowest BCUT2D eigenvalue weighted by Crippen LogP contribution is -2.48. The van der Waals surface area contributed by atoms with Gasteiger partial charge in [-0.05, 0) is 25.1 Å². The first kappa shape index (κ1) is 16.5. The van der Waals surface area contributed by atoms with Crippen molar-refractivity contribution in [3.05, 3.63) is 0 Å². The van der Waals surface area contributed by atoms with Crippen LogP contribution in [0, 0.1) is 5.92 Å². The standard InChI is InChI=1S/C13H19NO5S2/c1-17-11(15)8-21-13(20)19-10-6-9(7-10)12(16)14-2-4-18-5-3-14/h9-10H,2-8H2,1H3/t9-,10+. The average molecular weight is 333 g/mol. The van der Waals surface area contributed by atoms with Crippen LogP contribution < -0.4 is 0 Å². The number of carbonyl (C=O) groups is 2. The number of amides is 1. The highest BCUT2D eigenvalue weighted by Crippen LogP contribution is 2.33. The van der Waals surface area contributed by atoms with Gasteiger partial charge < -0.3 is 19.1 Å². The van der Waals surface area contributed by atoms with Gasteiger partial charge in [0.2, 0.25) is 10.3 Å². The molecule has 1 saturated carbocycles. The molecule has 21 heavy (non-hydrogen) atoms. The molecule has 0 aromatic rings. The van der Waals surface area contributed by atoms with Crippen molar-refractivity contribution in [1.82, 2.24) is 4.90 Å². The van der Waals surface area contributed by atoms with Gasteiger partial charge in [0, 0.05) is 19.0 Å². The second kappa shape index (κ2) is 7.95. The van der Waals surface area contributed by atoms with Crippen LogP contribution in [-0.2, 0) is 23.8 Å². The molecule has 0 aromatic carbocycles. The van der Waals surface area contributed by atoms with Crippen molar-refractivity contribution in [3.8, 4) is 0 Å². The van der Waals surface area contributed by atoms with Crippen LogP contribution >= 0.6 is 24.0 Å². The Hall–Kier alpha value is -0.860. The smallest absolute Gasteiger partial charge is 0.316 e. The molecule has 0 aromatic heterocycles. The molecule has 0 atom stereocenters. The third kappa shape index (κ3) is 4.82. The highest BCUT2D eigenvalue weighted by Gasteiger charge is 2.39. The molecule has 0 bridgehead atoms. The fourth-order valence-electron chi connectivity index (χ4n) is 2.25. The van der Waals surface area contributed by atoms with Crippen LogP contribution in [0.3, 0.4) is 0 Å². The van der Waals surface area contributed by atoms with Crippen LogP contribution in [0.4, 0.5) is 0 Å². The van der Waals surface area contributed by atoms with Gasteiger partial charge in [-0.25, -0.2) is 0 Å². The number of thiocarbonyl (C=S) groups is 1. The van der Waals surface area contributed by atoms with E-state index in [1.54, 1.807) is 0 Å². The van der Waals surface area contributed by atoms with E-state index < -0.39 is 0 Å². The maximum atomic E-state index is 12.2. The molecule has 1 heterocycles. The Balaban J connectivity index is 1.63. The van der Waals surface area contributed by atoms with Gasteiger partial charge in [0.15, 0.2) is 0 Å². The van der Waals surface area contributed by atoms with Gasteiger partial charge >= 0.3 is 5.97 Å². The van der Waals surface area contributed by atoms with Crippen LogP contribution in [0.2, 0.25) is 0 Å². The van der Waals surface area contributed by atoms with Crippen molar-refractivity contribution in [2.24, 2.45) is 5.92 Å². The van der Waals surface area contributed by atoms with E-state index in [0.717, 1.165) is 11.8 Å². The summed E-state index contributed by atoms with van der Waals surface area (Å²) >= 11 is 6.19. The molecular formula is C13H19NO5S2. The summed E-state index contributed by atoms with van der Waals surface area (Å²) in [6.07, 6.45) is 1.36. The van der Waals surface area contributed by atoms with Gasteiger partial charge in [-0.3, -0.25) is 9.59 Å². The number of rotatable bonds is 4. The molecular weight excluding hydrogens is 314 g/mol. The number of methoxy groups -OCH3 is 1. The molecule has 118 valence electrons. The lowest BCUT2D eigenvalue weighted by molar-refractivity contribution is -0.145. The van der Waals surface area contributed by atoms with Gasteiger partial charge in [-0.1, -0.05) is 11.8 Å². The maximum absolute atomic E-state index is 12.2. The average Bonchev–Trinajstić information content (AvgIpc) is 2.48. The fourth-order valence-corrected chi connectivity index (χ4v) is 3.12. The molecule has 1 aliphatic carbocycles. The number of nitrogens with zero attached hydrogens (tertiary/aromatic N) is 1. The molecule has 0 radical (unpaired) electrons. The second-order valence-corrected chi connectivity index (χ2v) is 6.54. The van der Waals surface area contributed by atoms with E-state index in [1.165, 1.54) is 7.11 Å². The normalized spacial score (nSPS) is 24.9. The van der Waals surface area contributed by atoms with Gasteiger partial charge in [-0.2, -0.15) is 0 Å². The van der Waals surface area contributed by atoms with Crippen LogP contribution in [0.5, 0.6) is 0 Å². The molecule has 1 amide bonds.